The molecule has 0 spiro atoms. The van der Waals surface area contributed by atoms with Crippen molar-refractivity contribution in [1.82, 2.24) is 15.0 Å². The van der Waals surface area contributed by atoms with E-state index in [-0.39, 0.29) is 0 Å². The number of fused-ring (bicyclic) bond motifs is 1. The molecular weight excluding hydrogens is 346 g/mol. The highest BCUT2D eigenvalue weighted by Crippen LogP contribution is 2.29. The summed E-state index contributed by atoms with van der Waals surface area (Å²) in [5, 5.41) is 2.97. The van der Waals surface area contributed by atoms with E-state index in [1.54, 1.807) is 11.3 Å². The second kappa shape index (κ2) is 5.09. The highest BCUT2D eigenvalue weighted by atomic mass is 79.9. The second-order valence-corrected chi connectivity index (χ2v) is 6.42. The van der Waals surface area contributed by atoms with Gasteiger partial charge in [0.1, 0.15) is 0 Å². The molecule has 1 N–H and O–H groups in total. The van der Waals surface area contributed by atoms with E-state index < -0.39 is 0 Å². The van der Waals surface area contributed by atoms with Gasteiger partial charge in [-0.15, -0.1) is 11.3 Å². The van der Waals surface area contributed by atoms with Crippen molar-refractivity contribution in [3.63, 3.8) is 0 Å². The van der Waals surface area contributed by atoms with Crippen LogP contribution in [0.2, 0.25) is 0 Å². The van der Waals surface area contributed by atoms with Crippen molar-refractivity contribution in [1.29, 1.82) is 0 Å². The standard InChI is InChI=1S/C16H10BrN3S/c17-11-7-5-10(6-8-11)14-9-21-16(20-14)15-18-12-3-1-2-4-13(12)19-15/h1-9H,(H,18,19). The maximum atomic E-state index is 4.69. The van der Waals surface area contributed by atoms with E-state index in [2.05, 4.69) is 48.4 Å². The number of nitrogens with one attached hydrogen (secondary N) is 1. The Labute approximate surface area is 133 Å². The van der Waals surface area contributed by atoms with Crippen LogP contribution < -0.4 is 0 Å². The van der Waals surface area contributed by atoms with Crippen LogP contribution in [-0.2, 0) is 0 Å². The summed E-state index contributed by atoms with van der Waals surface area (Å²) >= 11 is 5.05. The van der Waals surface area contributed by atoms with Crippen LogP contribution in [0.25, 0.3) is 33.1 Å². The zero-order valence-electron chi connectivity index (χ0n) is 10.9. The Balaban J connectivity index is 1.75. The Morgan fingerprint density at radius 3 is 2.57 bits per heavy atom. The highest BCUT2D eigenvalue weighted by molar-refractivity contribution is 9.10. The first-order valence-electron chi connectivity index (χ1n) is 6.46. The molecule has 0 amide bonds. The molecule has 0 aliphatic carbocycles. The first-order valence-corrected chi connectivity index (χ1v) is 8.13. The lowest BCUT2D eigenvalue weighted by molar-refractivity contribution is 1.29. The van der Waals surface area contributed by atoms with Crippen LogP contribution in [0.5, 0.6) is 0 Å². The fourth-order valence-electron chi connectivity index (χ4n) is 2.19. The van der Waals surface area contributed by atoms with Crippen LogP contribution in [0.15, 0.2) is 58.4 Å². The lowest BCUT2D eigenvalue weighted by atomic mass is 10.2. The van der Waals surface area contributed by atoms with Gasteiger partial charge in [-0.1, -0.05) is 40.2 Å². The molecule has 4 aromatic rings. The molecule has 2 aromatic heterocycles. The van der Waals surface area contributed by atoms with Gasteiger partial charge in [-0.25, -0.2) is 9.97 Å². The van der Waals surface area contributed by atoms with Crippen LogP contribution in [0, 0.1) is 0 Å². The molecular formula is C16H10BrN3S. The number of hydrogen-bond acceptors (Lipinski definition) is 3. The molecule has 2 aromatic carbocycles. The summed E-state index contributed by atoms with van der Waals surface area (Å²) in [6, 6.07) is 16.2. The average molecular weight is 356 g/mol. The molecule has 3 nitrogen and oxygen atoms in total. The number of aromatic amines is 1. The molecule has 0 aliphatic rings. The Bertz CT molecular complexity index is 876. The third kappa shape index (κ3) is 2.39. The molecule has 102 valence electrons. The predicted molar refractivity (Wildman–Crippen MR) is 90.3 cm³/mol. The van der Waals surface area contributed by atoms with Gasteiger partial charge >= 0.3 is 0 Å². The smallest absolute Gasteiger partial charge is 0.167 e. The topological polar surface area (TPSA) is 41.6 Å². The summed E-state index contributed by atoms with van der Waals surface area (Å²) in [6.45, 7) is 0. The lowest BCUT2D eigenvalue weighted by Gasteiger charge is -1.96. The van der Waals surface area contributed by atoms with Gasteiger partial charge in [0, 0.05) is 15.4 Å². The summed E-state index contributed by atoms with van der Waals surface area (Å²) in [7, 11) is 0. The molecule has 0 saturated heterocycles. The van der Waals surface area contributed by atoms with Crippen LogP contribution in [0.3, 0.4) is 0 Å². The fourth-order valence-corrected chi connectivity index (χ4v) is 3.23. The summed E-state index contributed by atoms with van der Waals surface area (Å²) < 4.78 is 1.07. The Morgan fingerprint density at radius 1 is 0.952 bits per heavy atom. The number of hydrogen-bond donors (Lipinski definition) is 1. The normalized spacial score (nSPS) is 11.1. The third-order valence-electron chi connectivity index (χ3n) is 3.24. The summed E-state index contributed by atoms with van der Waals surface area (Å²) in [5.41, 5.74) is 4.08. The highest BCUT2D eigenvalue weighted by Gasteiger charge is 2.10. The van der Waals surface area contributed by atoms with E-state index in [1.165, 1.54) is 0 Å². The summed E-state index contributed by atoms with van der Waals surface area (Å²) in [4.78, 5) is 12.6. The predicted octanol–water partition coefficient (Wildman–Crippen LogP) is 5.12. The lowest BCUT2D eigenvalue weighted by Crippen LogP contribution is -1.81. The third-order valence-corrected chi connectivity index (χ3v) is 4.61. The van der Waals surface area contributed by atoms with Crippen LogP contribution in [0.1, 0.15) is 0 Å². The second-order valence-electron chi connectivity index (χ2n) is 4.65. The van der Waals surface area contributed by atoms with Crippen LogP contribution in [-0.4, -0.2) is 15.0 Å². The molecule has 21 heavy (non-hydrogen) atoms. The average Bonchev–Trinajstić information content (AvgIpc) is 3.14. The van der Waals surface area contributed by atoms with E-state index in [9.17, 15) is 0 Å². The molecule has 0 unspecified atom stereocenters. The molecule has 4 rings (SSSR count). The van der Waals surface area contributed by atoms with Crippen molar-refractivity contribution in [2.24, 2.45) is 0 Å². The van der Waals surface area contributed by atoms with Gasteiger partial charge in [-0.2, -0.15) is 0 Å². The SMILES string of the molecule is Brc1ccc(-c2csc(-c3nc4ccccc4[nH]3)n2)cc1. The largest absolute Gasteiger partial charge is 0.336 e. The summed E-state index contributed by atoms with van der Waals surface area (Å²) in [6.07, 6.45) is 0. The van der Waals surface area contributed by atoms with E-state index in [1.807, 2.05) is 36.4 Å². The first kappa shape index (κ1) is 12.7. The molecule has 0 aliphatic heterocycles. The van der Waals surface area contributed by atoms with Gasteiger partial charge in [0.2, 0.25) is 0 Å². The zero-order chi connectivity index (χ0) is 14.2. The van der Waals surface area contributed by atoms with Crippen molar-refractivity contribution < 1.29 is 0 Å². The van der Waals surface area contributed by atoms with Gasteiger partial charge in [-0.05, 0) is 24.3 Å². The van der Waals surface area contributed by atoms with Crippen molar-refractivity contribution in [2.75, 3.05) is 0 Å². The number of imidazole rings is 1. The van der Waals surface area contributed by atoms with Gasteiger partial charge in [0.25, 0.3) is 0 Å². The van der Waals surface area contributed by atoms with E-state index in [4.69, 9.17) is 0 Å². The van der Waals surface area contributed by atoms with Gasteiger partial charge < -0.3 is 4.98 Å². The van der Waals surface area contributed by atoms with Crippen molar-refractivity contribution in [3.8, 4) is 22.1 Å². The minimum Gasteiger partial charge on any atom is -0.336 e. The van der Waals surface area contributed by atoms with E-state index in [0.29, 0.717) is 0 Å². The molecule has 0 atom stereocenters. The minimum absolute atomic E-state index is 0.824. The minimum atomic E-state index is 0.824. The monoisotopic (exact) mass is 355 g/mol. The number of halogens is 1. The van der Waals surface area contributed by atoms with Crippen molar-refractivity contribution >= 4 is 38.3 Å². The zero-order valence-corrected chi connectivity index (χ0v) is 13.3. The van der Waals surface area contributed by atoms with E-state index >= 15 is 0 Å². The number of benzene rings is 2. The number of para-hydroxylation sites is 2. The van der Waals surface area contributed by atoms with Crippen LogP contribution in [0.4, 0.5) is 0 Å². The molecule has 0 saturated carbocycles. The van der Waals surface area contributed by atoms with Gasteiger partial charge in [-0.3, -0.25) is 0 Å². The Kier molecular flexibility index (Phi) is 3.09. The molecule has 0 bridgehead atoms. The number of thiazole rings is 1. The summed E-state index contributed by atoms with van der Waals surface area (Å²) in [5.74, 6) is 0.824. The van der Waals surface area contributed by atoms with Crippen molar-refractivity contribution in [3.05, 3.63) is 58.4 Å². The van der Waals surface area contributed by atoms with Crippen molar-refractivity contribution in [2.45, 2.75) is 0 Å². The Hall–Kier alpha value is -1.98. The molecule has 0 fully saturated rings. The first-order chi connectivity index (χ1) is 10.3. The number of nitrogens with zero attached hydrogens (tertiary/aromatic N) is 2. The number of aromatic nitrogens is 3. The number of H-pyrrole nitrogens is 1. The molecule has 5 heteroatoms. The maximum absolute atomic E-state index is 4.69. The fraction of sp³-hybridized carbons (Fsp3) is 0. The van der Waals surface area contributed by atoms with E-state index in [0.717, 1.165) is 37.6 Å². The molecule has 0 radical (unpaired) electrons. The Morgan fingerprint density at radius 2 is 1.76 bits per heavy atom. The van der Waals surface area contributed by atoms with Gasteiger partial charge in [0.05, 0.1) is 16.7 Å². The number of rotatable bonds is 2. The quantitative estimate of drug-likeness (QED) is 0.542. The molecule has 2 heterocycles. The van der Waals surface area contributed by atoms with Crippen LogP contribution >= 0.6 is 27.3 Å². The maximum Gasteiger partial charge on any atom is 0.167 e. The van der Waals surface area contributed by atoms with Gasteiger partial charge in [0.15, 0.2) is 10.8 Å².